The minimum absolute atomic E-state index is 0.143. The molecule has 2 aromatic carbocycles. The van der Waals surface area contributed by atoms with Gasteiger partial charge in [0.1, 0.15) is 0 Å². The molecule has 1 aliphatic rings. The van der Waals surface area contributed by atoms with Crippen molar-refractivity contribution in [1.29, 1.82) is 0 Å². The first-order valence-corrected chi connectivity index (χ1v) is 7.32. The van der Waals surface area contributed by atoms with Crippen molar-refractivity contribution in [3.63, 3.8) is 0 Å². The number of ether oxygens (including phenoxy) is 1. The summed E-state index contributed by atoms with van der Waals surface area (Å²) in [5, 5.41) is 0.769. The van der Waals surface area contributed by atoms with Crippen LogP contribution in [0.3, 0.4) is 0 Å². The Morgan fingerprint density at radius 2 is 1.80 bits per heavy atom. The van der Waals surface area contributed by atoms with Gasteiger partial charge in [0.05, 0.1) is 12.7 Å². The van der Waals surface area contributed by atoms with Crippen molar-refractivity contribution in [2.24, 2.45) is 0 Å². The largest absolute Gasteiger partial charge is 0.371 e. The van der Waals surface area contributed by atoms with E-state index in [0.29, 0.717) is 0 Å². The van der Waals surface area contributed by atoms with Crippen molar-refractivity contribution in [3.05, 3.63) is 70.7 Å². The molecule has 1 fully saturated rings. The molecule has 2 aromatic rings. The molecule has 3 heteroatoms. The number of morpholine rings is 1. The summed E-state index contributed by atoms with van der Waals surface area (Å²) in [6.45, 7) is 3.67. The van der Waals surface area contributed by atoms with E-state index in [1.54, 1.807) is 0 Å². The van der Waals surface area contributed by atoms with Gasteiger partial charge in [0.25, 0.3) is 0 Å². The second-order valence-electron chi connectivity index (χ2n) is 5.13. The third-order valence-corrected chi connectivity index (χ3v) is 3.89. The highest BCUT2D eigenvalue weighted by Crippen LogP contribution is 2.24. The summed E-state index contributed by atoms with van der Waals surface area (Å²) in [4.78, 5) is 2.44. The summed E-state index contributed by atoms with van der Waals surface area (Å²) in [6.07, 6.45) is 0.143. The molecule has 0 spiro atoms. The topological polar surface area (TPSA) is 12.5 Å². The van der Waals surface area contributed by atoms with Crippen LogP contribution in [0.15, 0.2) is 54.6 Å². The van der Waals surface area contributed by atoms with Crippen molar-refractivity contribution in [1.82, 2.24) is 4.90 Å². The van der Waals surface area contributed by atoms with Crippen LogP contribution >= 0.6 is 11.6 Å². The average Bonchev–Trinajstić information content (AvgIpc) is 2.49. The fourth-order valence-electron chi connectivity index (χ4n) is 2.57. The zero-order chi connectivity index (χ0) is 13.8. The molecule has 0 amide bonds. The summed E-state index contributed by atoms with van der Waals surface area (Å²) in [6, 6.07) is 18.5. The van der Waals surface area contributed by atoms with E-state index in [1.807, 2.05) is 12.1 Å². The number of halogens is 1. The maximum Gasteiger partial charge on any atom is 0.0952 e. The van der Waals surface area contributed by atoms with Crippen LogP contribution in [-0.4, -0.2) is 24.6 Å². The van der Waals surface area contributed by atoms with Gasteiger partial charge in [-0.2, -0.15) is 0 Å². The molecule has 2 nitrogen and oxygen atoms in total. The summed E-state index contributed by atoms with van der Waals surface area (Å²) in [5.74, 6) is 0. The molecular formula is C17H18ClNO. The molecule has 0 N–H and O–H groups in total. The third kappa shape index (κ3) is 3.40. The van der Waals surface area contributed by atoms with Crippen LogP contribution in [0, 0.1) is 0 Å². The Morgan fingerprint density at radius 1 is 1.05 bits per heavy atom. The zero-order valence-corrected chi connectivity index (χ0v) is 12.1. The predicted octanol–water partition coefficient (Wildman–Crippen LogP) is 3.91. The quantitative estimate of drug-likeness (QED) is 0.848. The molecular weight excluding hydrogens is 270 g/mol. The molecule has 1 aliphatic heterocycles. The van der Waals surface area contributed by atoms with Crippen LogP contribution in [0.5, 0.6) is 0 Å². The Hall–Kier alpha value is -1.35. The van der Waals surface area contributed by atoms with Gasteiger partial charge < -0.3 is 4.74 Å². The summed E-state index contributed by atoms with van der Waals surface area (Å²) in [5.41, 5.74) is 2.55. The molecule has 0 aromatic heterocycles. The lowest BCUT2D eigenvalue weighted by molar-refractivity contribution is -0.0329. The van der Waals surface area contributed by atoms with Gasteiger partial charge in [-0.05, 0) is 23.3 Å². The van der Waals surface area contributed by atoms with E-state index < -0.39 is 0 Å². The van der Waals surface area contributed by atoms with E-state index in [4.69, 9.17) is 16.3 Å². The molecule has 3 rings (SSSR count). The van der Waals surface area contributed by atoms with Gasteiger partial charge in [0.2, 0.25) is 0 Å². The second-order valence-corrected chi connectivity index (χ2v) is 5.57. The number of rotatable bonds is 3. The molecule has 1 heterocycles. The number of hydrogen-bond acceptors (Lipinski definition) is 2. The monoisotopic (exact) mass is 287 g/mol. The van der Waals surface area contributed by atoms with Crippen LogP contribution < -0.4 is 0 Å². The number of hydrogen-bond donors (Lipinski definition) is 0. The molecule has 0 aliphatic carbocycles. The van der Waals surface area contributed by atoms with Crippen molar-refractivity contribution >= 4 is 11.6 Å². The maximum atomic E-state index is 5.94. The van der Waals surface area contributed by atoms with E-state index in [-0.39, 0.29) is 6.10 Å². The summed E-state index contributed by atoms with van der Waals surface area (Å²) >= 11 is 5.94. The second kappa shape index (κ2) is 6.40. The van der Waals surface area contributed by atoms with Crippen LogP contribution in [0.2, 0.25) is 5.02 Å². The summed E-state index contributed by atoms with van der Waals surface area (Å²) < 4.78 is 5.89. The molecule has 20 heavy (non-hydrogen) atoms. The standard InChI is InChI=1S/C17H18ClNO/c18-16-8-6-15(7-9-16)17-13-19(10-11-20-17)12-14-4-2-1-3-5-14/h1-9,17H,10-13H2/t17-/m1/s1. The van der Waals surface area contributed by atoms with Crippen LogP contribution in [-0.2, 0) is 11.3 Å². The molecule has 0 bridgehead atoms. The van der Waals surface area contributed by atoms with E-state index in [1.165, 1.54) is 11.1 Å². The van der Waals surface area contributed by atoms with Gasteiger partial charge in [-0.25, -0.2) is 0 Å². The normalized spacial score (nSPS) is 19.9. The van der Waals surface area contributed by atoms with Gasteiger partial charge in [-0.1, -0.05) is 54.1 Å². The molecule has 0 saturated carbocycles. The van der Waals surface area contributed by atoms with E-state index >= 15 is 0 Å². The minimum atomic E-state index is 0.143. The first-order chi connectivity index (χ1) is 9.81. The van der Waals surface area contributed by atoms with E-state index in [2.05, 4.69) is 47.4 Å². The number of benzene rings is 2. The molecule has 104 valence electrons. The highest BCUT2D eigenvalue weighted by atomic mass is 35.5. The fourth-order valence-corrected chi connectivity index (χ4v) is 2.69. The molecule has 0 radical (unpaired) electrons. The Kier molecular flexibility index (Phi) is 4.36. The first kappa shape index (κ1) is 13.6. The lowest BCUT2D eigenvalue weighted by Gasteiger charge is -2.33. The lowest BCUT2D eigenvalue weighted by atomic mass is 10.1. The van der Waals surface area contributed by atoms with Crippen LogP contribution in [0.25, 0.3) is 0 Å². The third-order valence-electron chi connectivity index (χ3n) is 3.64. The van der Waals surface area contributed by atoms with Crippen molar-refractivity contribution in [2.45, 2.75) is 12.6 Å². The van der Waals surface area contributed by atoms with Crippen LogP contribution in [0.4, 0.5) is 0 Å². The lowest BCUT2D eigenvalue weighted by Crippen LogP contribution is -2.37. The van der Waals surface area contributed by atoms with Crippen molar-refractivity contribution < 1.29 is 4.74 Å². The highest BCUT2D eigenvalue weighted by Gasteiger charge is 2.21. The minimum Gasteiger partial charge on any atom is -0.371 e. The SMILES string of the molecule is Clc1ccc([C@H]2CN(Cc3ccccc3)CCO2)cc1. The average molecular weight is 288 g/mol. The van der Waals surface area contributed by atoms with Gasteiger partial charge in [-0.15, -0.1) is 0 Å². The highest BCUT2D eigenvalue weighted by molar-refractivity contribution is 6.30. The smallest absolute Gasteiger partial charge is 0.0952 e. The molecule has 1 atom stereocenters. The van der Waals surface area contributed by atoms with Gasteiger partial charge in [0.15, 0.2) is 0 Å². The van der Waals surface area contributed by atoms with Crippen molar-refractivity contribution in [2.75, 3.05) is 19.7 Å². The summed E-state index contributed by atoms with van der Waals surface area (Å²) in [7, 11) is 0. The van der Waals surface area contributed by atoms with Gasteiger partial charge >= 0.3 is 0 Å². The zero-order valence-electron chi connectivity index (χ0n) is 11.3. The Bertz CT molecular complexity index is 541. The Morgan fingerprint density at radius 3 is 2.55 bits per heavy atom. The molecule has 1 saturated heterocycles. The maximum absolute atomic E-state index is 5.94. The van der Waals surface area contributed by atoms with Crippen molar-refractivity contribution in [3.8, 4) is 0 Å². The Balaban J connectivity index is 1.66. The Labute approximate surface area is 124 Å². The van der Waals surface area contributed by atoms with Gasteiger partial charge in [-0.3, -0.25) is 4.90 Å². The molecule has 0 unspecified atom stereocenters. The predicted molar refractivity (Wildman–Crippen MR) is 81.9 cm³/mol. The van der Waals surface area contributed by atoms with E-state index in [0.717, 1.165) is 31.3 Å². The fraction of sp³-hybridized carbons (Fsp3) is 0.294. The number of nitrogens with zero attached hydrogens (tertiary/aromatic N) is 1. The van der Waals surface area contributed by atoms with E-state index in [9.17, 15) is 0 Å². The van der Waals surface area contributed by atoms with Crippen LogP contribution in [0.1, 0.15) is 17.2 Å². The first-order valence-electron chi connectivity index (χ1n) is 6.94. The van der Waals surface area contributed by atoms with Gasteiger partial charge in [0, 0.05) is 24.7 Å².